The van der Waals surface area contributed by atoms with Crippen molar-refractivity contribution in [1.82, 2.24) is 4.90 Å². The summed E-state index contributed by atoms with van der Waals surface area (Å²) in [5.74, 6) is 2.14. The molecule has 0 aliphatic heterocycles. The number of hydrogen-bond donors (Lipinski definition) is 0. The van der Waals surface area contributed by atoms with Crippen LogP contribution in [0.2, 0.25) is 0 Å². The van der Waals surface area contributed by atoms with Gasteiger partial charge in [0.25, 0.3) is 0 Å². The van der Waals surface area contributed by atoms with Gasteiger partial charge in [-0.15, -0.1) is 0 Å². The summed E-state index contributed by atoms with van der Waals surface area (Å²) >= 11 is 0. The van der Waals surface area contributed by atoms with Crippen molar-refractivity contribution in [2.45, 2.75) is 32.4 Å². The number of furan rings is 1. The Morgan fingerprint density at radius 1 is 1.33 bits per heavy atom. The second-order valence-corrected chi connectivity index (χ2v) is 6.24. The largest absolute Gasteiger partial charge is 0.497 e. The molecule has 1 aromatic heterocycles. The highest BCUT2D eigenvalue weighted by Crippen LogP contribution is 2.36. The van der Waals surface area contributed by atoms with E-state index in [1.807, 2.05) is 41.3 Å². The molecular weight excluding hydrogens is 302 g/mol. The maximum Gasteiger partial charge on any atom is 0.247 e. The summed E-state index contributed by atoms with van der Waals surface area (Å²) in [6, 6.07) is 11.8. The van der Waals surface area contributed by atoms with Crippen LogP contribution in [0.5, 0.6) is 5.75 Å². The van der Waals surface area contributed by atoms with Crippen molar-refractivity contribution >= 4 is 12.0 Å². The standard InChI is InChI=1S/C20H23NO3/c1-15(17-7-8-17)21(14-16-5-9-18(23-2)10-6-16)20(22)12-11-19-4-3-13-24-19/h3-6,9-13,15,17H,7-8,14H2,1-2H3/b12-11+. The van der Waals surface area contributed by atoms with Gasteiger partial charge in [0, 0.05) is 18.7 Å². The molecule has 2 aromatic rings. The first-order valence-corrected chi connectivity index (χ1v) is 8.32. The molecule has 4 heteroatoms. The molecule has 1 aromatic carbocycles. The van der Waals surface area contributed by atoms with Gasteiger partial charge in [0.2, 0.25) is 5.91 Å². The Bertz CT molecular complexity index is 684. The summed E-state index contributed by atoms with van der Waals surface area (Å²) in [4.78, 5) is 14.7. The third-order valence-electron chi connectivity index (χ3n) is 4.52. The second-order valence-electron chi connectivity index (χ2n) is 6.24. The van der Waals surface area contributed by atoms with Gasteiger partial charge < -0.3 is 14.1 Å². The van der Waals surface area contributed by atoms with E-state index in [-0.39, 0.29) is 11.9 Å². The van der Waals surface area contributed by atoms with Gasteiger partial charge in [-0.1, -0.05) is 12.1 Å². The van der Waals surface area contributed by atoms with Crippen LogP contribution in [0.4, 0.5) is 0 Å². The zero-order chi connectivity index (χ0) is 16.9. The van der Waals surface area contributed by atoms with E-state index in [9.17, 15) is 4.79 Å². The van der Waals surface area contributed by atoms with Crippen molar-refractivity contribution < 1.29 is 13.9 Å². The minimum atomic E-state index is 0.0154. The molecule has 4 nitrogen and oxygen atoms in total. The van der Waals surface area contributed by atoms with E-state index in [2.05, 4.69) is 6.92 Å². The number of amides is 1. The van der Waals surface area contributed by atoms with Gasteiger partial charge in [0.05, 0.1) is 13.4 Å². The smallest absolute Gasteiger partial charge is 0.247 e. The first-order valence-electron chi connectivity index (χ1n) is 8.32. The fraction of sp³-hybridized carbons (Fsp3) is 0.350. The SMILES string of the molecule is COc1ccc(CN(C(=O)/C=C/c2ccco2)C(C)C2CC2)cc1. The Balaban J connectivity index is 1.73. The Labute approximate surface area is 142 Å². The topological polar surface area (TPSA) is 42.7 Å². The molecule has 1 fully saturated rings. The lowest BCUT2D eigenvalue weighted by Crippen LogP contribution is -2.38. The van der Waals surface area contributed by atoms with Gasteiger partial charge >= 0.3 is 0 Å². The van der Waals surface area contributed by atoms with E-state index in [1.54, 1.807) is 25.5 Å². The average molecular weight is 325 g/mol. The van der Waals surface area contributed by atoms with Gasteiger partial charge in [-0.2, -0.15) is 0 Å². The first kappa shape index (κ1) is 16.4. The number of carbonyl (C=O) groups is 1. The van der Waals surface area contributed by atoms with Crippen molar-refractivity contribution in [2.24, 2.45) is 5.92 Å². The van der Waals surface area contributed by atoms with Crippen molar-refractivity contribution in [3.8, 4) is 5.75 Å². The summed E-state index contributed by atoms with van der Waals surface area (Å²) in [7, 11) is 1.65. The van der Waals surface area contributed by atoms with Crippen LogP contribution in [0.1, 0.15) is 31.1 Å². The van der Waals surface area contributed by atoms with Gasteiger partial charge in [-0.25, -0.2) is 0 Å². The van der Waals surface area contributed by atoms with Crippen LogP contribution in [0, 0.1) is 5.92 Å². The summed E-state index contributed by atoms with van der Waals surface area (Å²) in [6.07, 6.45) is 7.33. The number of ether oxygens (including phenoxy) is 1. The van der Waals surface area contributed by atoms with Crippen molar-refractivity contribution in [2.75, 3.05) is 7.11 Å². The molecule has 1 heterocycles. The minimum absolute atomic E-state index is 0.0154. The van der Waals surface area contributed by atoms with Gasteiger partial charge in [-0.05, 0) is 61.6 Å². The zero-order valence-electron chi connectivity index (χ0n) is 14.1. The lowest BCUT2D eigenvalue weighted by Gasteiger charge is -2.28. The maximum atomic E-state index is 12.7. The molecule has 0 bridgehead atoms. The van der Waals surface area contributed by atoms with E-state index < -0.39 is 0 Å². The number of benzene rings is 1. The fourth-order valence-electron chi connectivity index (χ4n) is 2.82. The first-order chi connectivity index (χ1) is 11.7. The molecule has 1 atom stereocenters. The van der Waals surface area contributed by atoms with Crippen molar-refractivity contribution in [3.05, 3.63) is 60.1 Å². The predicted molar refractivity (Wildman–Crippen MR) is 93.5 cm³/mol. The molecular formula is C20H23NO3. The van der Waals surface area contributed by atoms with Crippen LogP contribution in [0.25, 0.3) is 6.08 Å². The van der Waals surface area contributed by atoms with Crippen LogP contribution in [0.15, 0.2) is 53.2 Å². The number of carbonyl (C=O) groups excluding carboxylic acids is 1. The quantitative estimate of drug-likeness (QED) is 0.719. The fourth-order valence-corrected chi connectivity index (χ4v) is 2.82. The molecule has 3 rings (SSSR count). The van der Waals surface area contributed by atoms with Crippen LogP contribution in [-0.2, 0) is 11.3 Å². The molecule has 0 saturated heterocycles. The Morgan fingerprint density at radius 3 is 2.67 bits per heavy atom. The highest BCUT2D eigenvalue weighted by molar-refractivity contribution is 5.91. The molecule has 24 heavy (non-hydrogen) atoms. The third kappa shape index (κ3) is 4.07. The van der Waals surface area contributed by atoms with Crippen LogP contribution in [0.3, 0.4) is 0 Å². The van der Waals surface area contributed by atoms with E-state index in [0.717, 1.165) is 11.3 Å². The maximum absolute atomic E-state index is 12.7. The molecule has 1 amide bonds. The number of hydrogen-bond acceptors (Lipinski definition) is 3. The molecule has 1 aliphatic rings. The van der Waals surface area contributed by atoms with Crippen LogP contribution >= 0.6 is 0 Å². The minimum Gasteiger partial charge on any atom is -0.497 e. The zero-order valence-corrected chi connectivity index (χ0v) is 14.1. The van der Waals surface area contributed by atoms with E-state index in [4.69, 9.17) is 9.15 Å². The average Bonchev–Trinajstić information content (AvgIpc) is 3.33. The highest BCUT2D eigenvalue weighted by atomic mass is 16.5. The summed E-state index contributed by atoms with van der Waals surface area (Å²) in [5.41, 5.74) is 1.10. The molecule has 0 radical (unpaired) electrons. The molecule has 1 unspecified atom stereocenters. The Morgan fingerprint density at radius 2 is 2.08 bits per heavy atom. The summed E-state index contributed by atoms with van der Waals surface area (Å²) < 4.78 is 10.5. The van der Waals surface area contributed by atoms with E-state index >= 15 is 0 Å². The number of rotatable bonds is 7. The molecule has 0 spiro atoms. The molecule has 126 valence electrons. The van der Waals surface area contributed by atoms with Crippen LogP contribution in [-0.4, -0.2) is 24.0 Å². The molecule has 1 saturated carbocycles. The molecule has 1 aliphatic carbocycles. The number of methoxy groups -OCH3 is 1. The third-order valence-corrected chi connectivity index (χ3v) is 4.52. The van der Waals surface area contributed by atoms with Gasteiger partial charge in [-0.3, -0.25) is 4.79 Å². The van der Waals surface area contributed by atoms with Crippen molar-refractivity contribution in [1.29, 1.82) is 0 Å². The predicted octanol–water partition coefficient (Wildman–Crippen LogP) is 4.13. The lowest BCUT2D eigenvalue weighted by molar-refractivity contribution is -0.129. The Hall–Kier alpha value is -2.49. The lowest BCUT2D eigenvalue weighted by atomic mass is 10.1. The van der Waals surface area contributed by atoms with Crippen LogP contribution < -0.4 is 4.74 Å². The molecule has 0 N–H and O–H groups in total. The summed E-state index contributed by atoms with van der Waals surface area (Å²) in [6.45, 7) is 2.74. The van der Waals surface area contributed by atoms with E-state index in [1.165, 1.54) is 12.8 Å². The second kappa shape index (κ2) is 7.39. The normalized spacial score (nSPS) is 15.4. The summed E-state index contributed by atoms with van der Waals surface area (Å²) in [5, 5.41) is 0. The van der Waals surface area contributed by atoms with Gasteiger partial charge in [0.1, 0.15) is 11.5 Å². The van der Waals surface area contributed by atoms with E-state index in [0.29, 0.717) is 18.2 Å². The highest BCUT2D eigenvalue weighted by Gasteiger charge is 2.33. The number of nitrogens with zero attached hydrogens (tertiary/aromatic N) is 1. The Kier molecular flexibility index (Phi) is 5.04. The monoisotopic (exact) mass is 325 g/mol. The van der Waals surface area contributed by atoms with Crippen molar-refractivity contribution in [3.63, 3.8) is 0 Å². The van der Waals surface area contributed by atoms with Gasteiger partial charge in [0.15, 0.2) is 0 Å².